The maximum atomic E-state index is 13.1. The normalized spacial score (nSPS) is 17.5. The van der Waals surface area contributed by atoms with Gasteiger partial charge < -0.3 is 14.8 Å². The molecule has 1 fully saturated rings. The lowest BCUT2D eigenvalue weighted by molar-refractivity contribution is -0.122. The van der Waals surface area contributed by atoms with Gasteiger partial charge in [0, 0.05) is 54.7 Å². The molecular formula is C22H28N6O2. The van der Waals surface area contributed by atoms with Crippen LogP contribution in [-0.2, 0) is 11.8 Å². The molecule has 158 valence electrons. The zero-order chi connectivity index (χ0) is 21.6. The Bertz CT molecular complexity index is 1130. The number of carbonyl (C=O) groups excluding carboxylic acids is 2. The molecule has 0 bridgehead atoms. The number of amides is 2. The van der Waals surface area contributed by atoms with E-state index >= 15 is 0 Å². The third-order valence-electron chi connectivity index (χ3n) is 6.37. The van der Waals surface area contributed by atoms with Crippen LogP contribution in [0.3, 0.4) is 0 Å². The Kier molecular flexibility index (Phi) is 5.11. The van der Waals surface area contributed by atoms with Gasteiger partial charge in [0.25, 0.3) is 5.91 Å². The van der Waals surface area contributed by atoms with Crippen LogP contribution in [0.5, 0.6) is 0 Å². The second-order valence-electron chi connectivity index (χ2n) is 8.15. The van der Waals surface area contributed by atoms with Crippen molar-refractivity contribution < 1.29 is 9.59 Å². The summed E-state index contributed by atoms with van der Waals surface area (Å²) in [5.74, 6) is -0.201. The number of likely N-dealkylation sites (N-methyl/N-ethyl adjacent to an activating group) is 1. The number of nitrogens with one attached hydrogen (secondary N) is 2. The van der Waals surface area contributed by atoms with Gasteiger partial charge in [-0.15, -0.1) is 0 Å². The van der Waals surface area contributed by atoms with Crippen LogP contribution < -0.4 is 5.32 Å². The largest absolute Gasteiger partial charge is 0.348 e. The Morgan fingerprint density at radius 2 is 1.93 bits per heavy atom. The second-order valence-corrected chi connectivity index (χ2v) is 8.15. The van der Waals surface area contributed by atoms with Crippen LogP contribution in [0.1, 0.15) is 27.3 Å². The first-order valence-electron chi connectivity index (χ1n) is 10.1. The fourth-order valence-corrected chi connectivity index (χ4v) is 4.14. The predicted octanol–water partition coefficient (Wildman–Crippen LogP) is 2.22. The van der Waals surface area contributed by atoms with E-state index in [2.05, 4.69) is 33.9 Å². The summed E-state index contributed by atoms with van der Waals surface area (Å²) in [7, 11) is 3.97. The molecule has 3 aromatic rings. The van der Waals surface area contributed by atoms with E-state index < -0.39 is 6.04 Å². The highest BCUT2D eigenvalue weighted by Crippen LogP contribution is 2.27. The van der Waals surface area contributed by atoms with E-state index in [1.807, 2.05) is 44.1 Å². The topological polar surface area (TPSA) is 86.3 Å². The molecule has 2 aromatic heterocycles. The van der Waals surface area contributed by atoms with Gasteiger partial charge in [-0.05, 0) is 51.6 Å². The summed E-state index contributed by atoms with van der Waals surface area (Å²) in [6.45, 7) is 7.58. The molecule has 0 saturated carbocycles. The molecule has 1 saturated heterocycles. The van der Waals surface area contributed by atoms with Crippen LogP contribution >= 0.6 is 0 Å². The molecule has 1 aliphatic rings. The first-order valence-corrected chi connectivity index (χ1v) is 10.1. The minimum Gasteiger partial charge on any atom is -0.348 e. The average Bonchev–Trinajstić information content (AvgIpc) is 3.25. The molecule has 0 spiro atoms. The van der Waals surface area contributed by atoms with E-state index in [0.29, 0.717) is 25.2 Å². The van der Waals surface area contributed by atoms with E-state index in [4.69, 9.17) is 0 Å². The van der Waals surface area contributed by atoms with E-state index in [-0.39, 0.29) is 11.8 Å². The first-order chi connectivity index (χ1) is 14.3. The number of rotatable bonds is 3. The fraction of sp³-hybridized carbons (Fsp3) is 0.409. The van der Waals surface area contributed by atoms with Gasteiger partial charge in [-0.25, -0.2) is 0 Å². The monoisotopic (exact) mass is 408 g/mol. The lowest BCUT2D eigenvalue weighted by Crippen LogP contribution is -2.57. The summed E-state index contributed by atoms with van der Waals surface area (Å²) in [6, 6.07) is 5.58. The third-order valence-corrected chi connectivity index (χ3v) is 6.37. The number of aromatic amines is 1. The lowest BCUT2D eigenvalue weighted by atomic mass is 10.1. The van der Waals surface area contributed by atoms with Crippen molar-refractivity contribution in [2.45, 2.75) is 26.8 Å². The van der Waals surface area contributed by atoms with Crippen LogP contribution in [0.4, 0.5) is 5.69 Å². The number of hydrogen-bond acceptors (Lipinski definition) is 4. The fourth-order valence-electron chi connectivity index (χ4n) is 4.14. The smallest absolute Gasteiger partial charge is 0.257 e. The Balaban J connectivity index is 1.52. The standard InChI is InChI=1S/C22H28N6O2/c1-13-15(3)27(5)19-7-6-16(10-17(13)19)24-21(29)20-12-28(9-8-26(20)4)22(30)18-11-23-25-14(18)2/h6-7,10-11,20H,8-9,12H2,1-5H3,(H,23,25)(H,24,29). The van der Waals surface area contributed by atoms with E-state index in [1.54, 1.807) is 11.1 Å². The van der Waals surface area contributed by atoms with Crippen LogP contribution in [-0.4, -0.2) is 69.1 Å². The van der Waals surface area contributed by atoms with Crippen molar-refractivity contribution in [3.05, 3.63) is 46.9 Å². The molecule has 3 heterocycles. The number of fused-ring (bicyclic) bond motifs is 1. The van der Waals surface area contributed by atoms with Crippen molar-refractivity contribution in [2.75, 3.05) is 32.0 Å². The third kappa shape index (κ3) is 3.37. The van der Waals surface area contributed by atoms with E-state index in [9.17, 15) is 9.59 Å². The van der Waals surface area contributed by atoms with Crippen molar-refractivity contribution in [2.24, 2.45) is 7.05 Å². The number of anilines is 1. The van der Waals surface area contributed by atoms with Crippen molar-refractivity contribution >= 4 is 28.4 Å². The molecular weight excluding hydrogens is 380 g/mol. The zero-order valence-corrected chi connectivity index (χ0v) is 18.1. The Morgan fingerprint density at radius 1 is 1.17 bits per heavy atom. The van der Waals surface area contributed by atoms with Crippen LogP contribution in [0.2, 0.25) is 0 Å². The summed E-state index contributed by atoms with van der Waals surface area (Å²) in [6.07, 6.45) is 1.55. The zero-order valence-electron chi connectivity index (χ0n) is 18.1. The number of hydrogen-bond donors (Lipinski definition) is 2. The first kappa shape index (κ1) is 20.2. The molecule has 1 unspecified atom stereocenters. The number of nitrogens with zero attached hydrogens (tertiary/aromatic N) is 4. The van der Waals surface area contributed by atoms with Crippen LogP contribution in [0.15, 0.2) is 24.4 Å². The maximum absolute atomic E-state index is 13.1. The molecule has 2 amide bonds. The van der Waals surface area contributed by atoms with Crippen molar-refractivity contribution in [3.63, 3.8) is 0 Å². The van der Waals surface area contributed by atoms with Gasteiger partial charge in [0.05, 0.1) is 11.8 Å². The minimum atomic E-state index is -0.413. The molecule has 30 heavy (non-hydrogen) atoms. The summed E-state index contributed by atoms with van der Waals surface area (Å²) in [4.78, 5) is 29.7. The van der Waals surface area contributed by atoms with Gasteiger partial charge in [0.1, 0.15) is 6.04 Å². The number of aromatic nitrogens is 3. The van der Waals surface area contributed by atoms with Gasteiger partial charge in [0.2, 0.25) is 5.91 Å². The number of benzene rings is 1. The second kappa shape index (κ2) is 7.60. The van der Waals surface area contributed by atoms with Crippen molar-refractivity contribution in [3.8, 4) is 0 Å². The summed E-state index contributed by atoms with van der Waals surface area (Å²) in [5, 5.41) is 10.9. The van der Waals surface area contributed by atoms with E-state index in [0.717, 1.165) is 22.3 Å². The number of piperazine rings is 1. The van der Waals surface area contributed by atoms with Gasteiger partial charge in [-0.3, -0.25) is 19.6 Å². The summed E-state index contributed by atoms with van der Waals surface area (Å²) >= 11 is 0. The maximum Gasteiger partial charge on any atom is 0.257 e. The highest BCUT2D eigenvalue weighted by atomic mass is 16.2. The Hall–Kier alpha value is -3.13. The molecule has 1 atom stereocenters. The lowest BCUT2D eigenvalue weighted by Gasteiger charge is -2.38. The Morgan fingerprint density at radius 3 is 2.63 bits per heavy atom. The molecule has 2 N–H and O–H groups in total. The molecule has 0 aliphatic carbocycles. The highest BCUT2D eigenvalue weighted by Gasteiger charge is 2.33. The quantitative estimate of drug-likeness (QED) is 0.696. The molecule has 0 radical (unpaired) electrons. The number of H-pyrrole nitrogens is 1. The highest BCUT2D eigenvalue weighted by molar-refractivity contribution is 5.99. The van der Waals surface area contributed by atoms with Gasteiger partial charge >= 0.3 is 0 Å². The Labute approximate surface area is 175 Å². The van der Waals surface area contributed by atoms with Crippen LogP contribution in [0.25, 0.3) is 10.9 Å². The van der Waals surface area contributed by atoms with Crippen LogP contribution in [0, 0.1) is 20.8 Å². The molecule has 8 nitrogen and oxygen atoms in total. The van der Waals surface area contributed by atoms with Crippen molar-refractivity contribution in [1.82, 2.24) is 24.6 Å². The van der Waals surface area contributed by atoms with Gasteiger partial charge in [-0.1, -0.05) is 0 Å². The predicted molar refractivity (Wildman–Crippen MR) is 117 cm³/mol. The summed E-state index contributed by atoms with van der Waals surface area (Å²) < 4.78 is 2.16. The van der Waals surface area contributed by atoms with Gasteiger partial charge in [0.15, 0.2) is 0 Å². The molecule has 1 aliphatic heterocycles. The van der Waals surface area contributed by atoms with Gasteiger partial charge in [-0.2, -0.15) is 5.10 Å². The molecule has 4 rings (SSSR count). The number of carbonyl (C=O) groups is 2. The molecule has 1 aromatic carbocycles. The average molecular weight is 409 g/mol. The van der Waals surface area contributed by atoms with E-state index in [1.165, 1.54) is 11.3 Å². The SMILES string of the molecule is Cc1[nH]ncc1C(=O)N1CCN(C)C(C(=O)Nc2ccc3c(c2)c(C)c(C)n3C)C1. The number of aryl methyl sites for hydroxylation is 3. The minimum absolute atomic E-state index is 0.0936. The summed E-state index contributed by atoms with van der Waals surface area (Å²) in [5.41, 5.74) is 5.63. The van der Waals surface area contributed by atoms with Crippen molar-refractivity contribution in [1.29, 1.82) is 0 Å². The molecule has 8 heteroatoms.